The van der Waals surface area contributed by atoms with Crippen LogP contribution in [0.25, 0.3) is 0 Å². The molecule has 31 heavy (non-hydrogen) atoms. The first-order valence-corrected chi connectivity index (χ1v) is 10.9. The molecule has 0 spiro atoms. The van der Waals surface area contributed by atoms with Gasteiger partial charge < -0.3 is 14.5 Å². The third-order valence-corrected chi connectivity index (χ3v) is 6.23. The van der Waals surface area contributed by atoms with Crippen LogP contribution in [-0.4, -0.2) is 68.5 Å². The van der Waals surface area contributed by atoms with Crippen molar-refractivity contribution in [1.29, 1.82) is 0 Å². The molecule has 0 N–H and O–H groups in total. The molecule has 2 aliphatic heterocycles. The van der Waals surface area contributed by atoms with E-state index < -0.39 is 11.6 Å². The highest BCUT2D eigenvalue weighted by Gasteiger charge is 2.28. The Balaban J connectivity index is 1.69. The van der Waals surface area contributed by atoms with Gasteiger partial charge in [0.1, 0.15) is 29.9 Å². The maximum atomic E-state index is 14.3. The maximum Gasteiger partial charge on any atom is 0.226 e. The van der Waals surface area contributed by atoms with Crippen LogP contribution in [0, 0.1) is 17.6 Å². The summed E-state index contributed by atoms with van der Waals surface area (Å²) in [5, 5.41) is 0. The fraction of sp³-hybridized carbons (Fsp3) is 0.565. The number of benzene rings is 1. The number of nitrogens with zero attached hydrogens (tertiary/aromatic N) is 5. The molecule has 0 aliphatic carbocycles. The van der Waals surface area contributed by atoms with Gasteiger partial charge in [-0.05, 0) is 63.5 Å². The largest absolute Gasteiger partial charge is 0.364 e. The predicted octanol–water partition coefficient (Wildman–Crippen LogP) is 4.10. The predicted molar refractivity (Wildman–Crippen MR) is 121 cm³/mol. The Labute approximate surface area is 183 Å². The summed E-state index contributed by atoms with van der Waals surface area (Å²) in [4.78, 5) is 14.5. The summed E-state index contributed by atoms with van der Waals surface area (Å²) in [6.07, 6.45) is 4.59. The Morgan fingerprint density at radius 3 is 2.29 bits per heavy atom. The Morgan fingerprint density at radius 2 is 1.74 bits per heavy atom. The van der Waals surface area contributed by atoms with E-state index in [9.17, 15) is 8.78 Å². The fourth-order valence-electron chi connectivity index (χ4n) is 4.35. The minimum Gasteiger partial charge on any atom is -0.364 e. The highest BCUT2D eigenvalue weighted by atomic mass is 19.1. The lowest BCUT2D eigenvalue weighted by Gasteiger charge is -2.41. The van der Waals surface area contributed by atoms with Crippen LogP contribution in [0.15, 0.2) is 40.6 Å². The summed E-state index contributed by atoms with van der Waals surface area (Å²) < 4.78 is 33.8. The van der Waals surface area contributed by atoms with Crippen LogP contribution in [0.4, 0.5) is 14.5 Å². The summed E-state index contributed by atoms with van der Waals surface area (Å²) in [6.45, 7) is 13.7. The number of hydrogen-bond donors (Lipinski definition) is 0. The zero-order valence-corrected chi connectivity index (χ0v) is 18.6. The third kappa shape index (κ3) is 5.68. The summed E-state index contributed by atoms with van der Waals surface area (Å²) in [6, 6.07) is 4.28. The van der Waals surface area contributed by atoms with Crippen LogP contribution in [0.3, 0.4) is 0 Å². The first-order valence-electron chi connectivity index (χ1n) is 10.9. The minimum atomic E-state index is -0.710. The highest BCUT2D eigenvalue weighted by Crippen LogP contribution is 2.27. The number of methoxy groups -OCH3 is 1. The van der Waals surface area contributed by atoms with Gasteiger partial charge in [-0.2, -0.15) is 4.99 Å². The number of guanidine groups is 1. The van der Waals surface area contributed by atoms with Crippen LogP contribution in [0.5, 0.6) is 0 Å². The van der Waals surface area contributed by atoms with Crippen LogP contribution >= 0.6 is 0 Å². The summed E-state index contributed by atoms with van der Waals surface area (Å²) in [5.41, 5.74) is -0.250. The van der Waals surface area contributed by atoms with Crippen molar-refractivity contribution in [3.63, 3.8) is 0 Å². The van der Waals surface area contributed by atoms with Gasteiger partial charge in [-0.25, -0.2) is 13.8 Å². The molecule has 6 nitrogen and oxygen atoms in total. The smallest absolute Gasteiger partial charge is 0.226 e. The summed E-state index contributed by atoms with van der Waals surface area (Å²) in [5.74, 6) is -0.0503. The van der Waals surface area contributed by atoms with E-state index in [1.807, 2.05) is 0 Å². The molecule has 8 heteroatoms. The molecule has 0 unspecified atom stereocenters. The van der Waals surface area contributed by atoms with E-state index in [1.54, 1.807) is 0 Å². The molecule has 1 aromatic carbocycles. The molecule has 2 heterocycles. The second-order valence-corrected chi connectivity index (χ2v) is 8.34. The fourth-order valence-corrected chi connectivity index (χ4v) is 4.35. The lowest BCUT2D eigenvalue weighted by atomic mass is 9.95. The van der Waals surface area contributed by atoms with Crippen molar-refractivity contribution >= 4 is 18.4 Å². The van der Waals surface area contributed by atoms with Crippen molar-refractivity contribution in [3.05, 3.63) is 42.2 Å². The highest BCUT2D eigenvalue weighted by molar-refractivity contribution is 5.85. The van der Waals surface area contributed by atoms with Crippen molar-refractivity contribution in [2.24, 2.45) is 15.9 Å². The number of likely N-dealkylation sites (tertiary alicyclic amines) is 2. The van der Waals surface area contributed by atoms with Gasteiger partial charge in [-0.3, -0.25) is 4.90 Å². The molecule has 2 aliphatic rings. The van der Waals surface area contributed by atoms with Crippen molar-refractivity contribution in [2.45, 2.75) is 38.6 Å². The number of hydrogen-bond acceptors (Lipinski definition) is 4. The molecule has 0 aromatic heterocycles. The van der Waals surface area contributed by atoms with E-state index in [0.29, 0.717) is 12.0 Å². The number of ether oxygens (including phenoxy) is 1. The van der Waals surface area contributed by atoms with Crippen molar-refractivity contribution < 1.29 is 13.5 Å². The maximum absolute atomic E-state index is 14.3. The van der Waals surface area contributed by atoms with Gasteiger partial charge in [-0.15, -0.1) is 0 Å². The third-order valence-electron chi connectivity index (χ3n) is 6.23. The molecule has 0 saturated carbocycles. The van der Waals surface area contributed by atoms with Gasteiger partial charge in [0.25, 0.3) is 0 Å². The van der Waals surface area contributed by atoms with Crippen molar-refractivity contribution in [1.82, 2.24) is 9.80 Å². The average molecular weight is 434 g/mol. The van der Waals surface area contributed by atoms with Crippen LogP contribution in [0.2, 0.25) is 0 Å². The Hall–Kier alpha value is -2.32. The lowest BCUT2D eigenvalue weighted by molar-refractivity contribution is 0.0982. The normalized spacial score (nSPS) is 19.5. The SMILES string of the molecule is C=NC(=NC(=C)N(COC)c1c(F)cccc1F)N1CCC(N2CCC(C)CC2)CC1. The van der Waals surface area contributed by atoms with Gasteiger partial charge in [0.15, 0.2) is 0 Å². The van der Waals surface area contributed by atoms with Crippen LogP contribution < -0.4 is 4.90 Å². The molecule has 0 bridgehead atoms. The summed E-state index contributed by atoms with van der Waals surface area (Å²) >= 11 is 0. The number of rotatable bonds is 6. The molecule has 0 radical (unpaired) electrons. The number of anilines is 1. The molecule has 3 rings (SSSR count). The quantitative estimate of drug-likeness (QED) is 0.385. The van der Waals surface area contributed by atoms with Gasteiger partial charge in [-0.1, -0.05) is 19.6 Å². The standard InChI is InChI=1S/C23H33F2N5O/c1-17-8-12-28(13-9-17)19-10-14-29(15-11-19)23(26-3)27-18(2)30(16-31-4)22-20(24)6-5-7-21(22)25/h5-7,17,19H,2-3,8-16H2,1,4H3. The molecule has 0 amide bonds. The monoisotopic (exact) mass is 433 g/mol. The van der Waals surface area contributed by atoms with E-state index in [1.165, 1.54) is 56.1 Å². The van der Waals surface area contributed by atoms with E-state index in [2.05, 4.69) is 40.0 Å². The minimum absolute atomic E-state index is 0.0972. The first-order chi connectivity index (χ1) is 14.9. The van der Waals surface area contributed by atoms with Gasteiger partial charge in [0, 0.05) is 26.2 Å². The zero-order chi connectivity index (χ0) is 22.4. The van der Waals surface area contributed by atoms with E-state index >= 15 is 0 Å². The van der Waals surface area contributed by atoms with Gasteiger partial charge in [0.05, 0.1) is 0 Å². The number of piperidine rings is 2. The van der Waals surface area contributed by atoms with Gasteiger partial charge in [0.2, 0.25) is 5.96 Å². The molecule has 170 valence electrons. The van der Waals surface area contributed by atoms with Crippen molar-refractivity contribution in [3.8, 4) is 0 Å². The molecule has 2 saturated heterocycles. The summed E-state index contributed by atoms with van der Waals surface area (Å²) in [7, 11) is 1.45. The van der Waals surface area contributed by atoms with Gasteiger partial charge >= 0.3 is 0 Å². The Morgan fingerprint density at radius 1 is 1.13 bits per heavy atom. The Kier molecular flexibility index (Phi) is 8.15. The Bertz CT molecular complexity index is 779. The van der Waals surface area contributed by atoms with E-state index in [4.69, 9.17) is 4.74 Å². The topological polar surface area (TPSA) is 43.7 Å². The molecular formula is C23H33F2N5O. The molecule has 2 fully saturated rings. The lowest BCUT2D eigenvalue weighted by Crippen LogP contribution is -2.48. The van der Waals surface area contributed by atoms with E-state index in [0.717, 1.165) is 31.8 Å². The second kappa shape index (κ2) is 10.8. The number of para-hydroxylation sites is 1. The van der Waals surface area contributed by atoms with Crippen LogP contribution in [0.1, 0.15) is 32.6 Å². The van der Waals surface area contributed by atoms with Crippen LogP contribution in [-0.2, 0) is 4.74 Å². The van der Waals surface area contributed by atoms with Crippen molar-refractivity contribution in [2.75, 3.05) is 44.9 Å². The number of halogens is 2. The zero-order valence-electron chi connectivity index (χ0n) is 18.6. The average Bonchev–Trinajstić information content (AvgIpc) is 2.77. The first kappa shape index (κ1) is 23.3. The molecule has 1 aromatic rings. The van der Waals surface area contributed by atoms with E-state index in [-0.39, 0.29) is 18.2 Å². The second-order valence-electron chi connectivity index (χ2n) is 8.34. The molecule has 0 atom stereocenters. The molecular weight excluding hydrogens is 400 g/mol. The number of aliphatic imine (C=N–C) groups is 2.